The number of likely N-dealkylation sites (tertiary alicyclic amines) is 1. The van der Waals surface area contributed by atoms with Gasteiger partial charge in [0, 0.05) is 36.9 Å². The molecule has 1 atom stereocenters. The maximum absolute atomic E-state index is 12.8. The molecule has 8 heteroatoms. The van der Waals surface area contributed by atoms with E-state index in [0.717, 1.165) is 18.4 Å². The van der Waals surface area contributed by atoms with Crippen LogP contribution in [-0.2, 0) is 5.41 Å². The molecule has 0 spiro atoms. The smallest absolute Gasteiger partial charge is 0.337 e. The zero-order chi connectivity index (χ0) is 24.9. The van der Waals surface area contributed by atoms with Crippen molar-refractivity contribution >= 4 is 29.3 Å². The standard InChI is InChI=1S/C26H34N4O4/c1-5-27-25(34)30-14-6-7-20(16-30)28-22-15-19(12-13-21(22)24(32)33)29-23(31)17-8-10-18(11-9-17)26(2,3)4/h8-13,15,20,28H,5-7,14,16H2,1-4H3,(H,27,34)(H,29,31)(H,32,33). The first-order valence-electron chi connectivity index (χ1n) is 11.7. The normalized spacial score (nSPS) is 16.0. The first-order valence-corrected chi connectivity index (χ1v) is 11.7. The number of hydrogen-bond acceptors (Lipinski definition) is 4. The molecule has 3 rings (SSSR count). The van der Waals surface area contributed by atoms with E-state index in [1.165, 1.54) is 6.07 Å². The summed E-state index contributed by atoms with van der Waals surface area (Å²) < 4.78 is 0. The predicted molar refractivity (Wildman–Crippen MR) is 134 cm³/mol. The van der Waals surface area contributed by atoms with Crippen molar-refractivity contribution in [1.29, 1.82) is 0 Å². The predicted octanol–water partition coefficient (Wildman–Crippen LogP) is 4.54. The molecule has 2 aromatic rings. The zero-order valence-electron chi connectivity index (χ0n) is 20.3. The fraction of sp³-hybridized carbons (Fsp3) is 0.423. The number of carboxylic acid groups (broad SMARTS) is 1. The molecule has 34 heavy (non-hydrogen) atoms. The summed E-state index contributed by atoms with van der Waals surface area (Å²) in [6.07, 6.45) is 1.63. The zero-order valence-corrected chi connectivity index (χ0v) is 20.3. The van der Waals surface area contributed by atoms with E-state index in [1.54, 1.807) is 29.2 Å². The largest absolute Gasteiger partial charge is 0.478 e. The van der Waals surface area contributed by atoms with Crippen LogP contribution in [0.1, 0.15) is 66.8 Å². The summed E-state index contributed by atoms with van der Waals surface area (Å²) in [6.45, 7) is 9.90. The fourth-order valence-corrected chi connectivity index (χ4v) is 4.02. The van der Waals surface area contributed by atoms with E-state index in [0.29, 0.717) is 36.6 Å². The van der Waals surface area contributed by atoms with Crippen molar-refractivity contribution in [2.45, 2.75) is 52.0 Å². The van der Waals surface area contributed by atoms with Gasteiger partial charge in [0.15, 0.2) is 0 Å². The Morgan fingerprint density at radius 1 is 1.09 bits per heavy atom. The van der Waals surface area contributed by atoms with Crippen molar-refractivity contribution in [3.63, 3.8) is 0 Å². The Morgan fingerprint density at radius 3 is 2.41 bits per heavy atom. The minimum absolute atomic E-state index is 0.00580. The molecule has 2 aromatic carbocycles. The molecule has 182 valence electrons. The van der Waals surface area contributed by atoms with Gasteiger partial charge < -0.3 is 26.0 Å². The third-order valence-corrected chi connectivity index (χ3v) is 5.92. The highest BCUT2D eigenvalue weighted by Gasteiger charge is 2.25. The van der Waals surface area contributed by atoms with Crippen molar-refractivity contribution in [1.82, 2.24) is 10.2 Å². The monoisotopic (exact) mass is 466 g/mol. The summed E-state index contributed by atoms with van der Waals surface area (Å²) in [5, 5.41) is 18.6. The van der Waals surface area contributed by atoms with E-state index in [-0.39, 0.29) is 29.0 Å². The summed E-state index contributed by atoms with van der Waals surface area (Å²) >= 11 is 0. The minimum Gasteiger partial charge on any atom is -0.478 e. The molecule has 0 saturated carbocycles. The lowest BCUT2D eigenvalue weighted by Gasteiger charge is -2.34. The van der Waals surface area contributed by atoms with Crippen LogP contribution in [0.4, 0.5) is 16.2 Å². The maximum Gasteiger partial charge on any atom is 0.337 e. The third kappa shape index (κ3) is 6.27. The van der Waals surface area contributed by atoms with Gasteiger partial charge in [0.2, 0.25) is 0 Å². The second-order valence-electron chi connectivity index (χ2n) is 9.61. The molecular formula is C26H34N4O4. The number of anilines is 2. The van der Waals surface area contributed by atoms with Gasteiger partial charge in [0.25, 0.3) is 5.91 Å². The number of nitrogens with one attached hydrogen (secondary N) is 3. The Morgan fingerprint density at radius 2 is 1.79 bits per heavy atom. The lowest BCUT2D eigenvalue weighted by atomic mass is 9.87. The molecule has 8 nitrogen and oxygen atoms in total. The Hall–Kier alpha value is -3.55. The molecule has 1 unspecified atom stereocenters. The summed E-state index contributed by atoms with van der Waals surface area (Å²) in [7, 11) is 0. The molecule has 3 amide bonds. The number of benzene rings is 2. The minimum atomic E-state index is -1.06. The van der Waals surface area contributed by atoms with Crippen LogP contribution in [0.25, 0.3) is 0 Å². The fourth-order valence-electron chi connectivity index (χ4n) is 4.02. The van der Waals surface area contributed by atoms with Crippen molar-refractivity contribution < 1.29 is 19.5 Å². The van der Waals surface area contributed by atoms with Gasteiger partial charge in [-0.25, -0.2) is 9.59 Å². The number of aromatic carboxylic acids is 1. The second kappa shape index (κ2) is 10.6. The van der Waals surface area contributed by atoms with Crippen LogP contribution in [0.3, 0.4) is 0 Å². The molecule has 1 saturated heterocycles. The van der Waals surface area contributed by atoms with Crippen molar-refractivity contribution in [2.75, 3.05) is 30.3 Å². The van der Waals surface area contributed by atoms with Crippen LogP contribution in [0.2, 0.25) is 0 Å². The van der Waals surface area contributed by atoms with Crippen LogP contribution in [-0.4, -0.2) is 53.6 Å². The van der Waals surface area contributed by atoms with Crippen LogP contribution in [0.15, 0.2) is 42.5 Å². The van der Waals surface area contributed by atoms with Gasteiger partial charge in [-0.3, -0.25) is 4.79 Å². The van der Waals surface area contributed by atoms with E-state index in [2.05, 4.69) is 36.7 Å². The van der Waals surface area contributed by atoms with Crippen LogP contribution < -0.4 is 16.0 Å². The molecule has 0 bridgehead atoms. The number of amides is 3. The van der Waals surface area contributed by atoms with E-state index >= 15 is 0 Å². The molecular weight excluding hydrogens is 432 g/mol. The average Bonchev–Trinajstić information content (AvgIpc) is 2.79. The summed E-state index contributed by atoms with van der Waals surface area (Å²) in [6, 6.07) is 12.0. The lowest BCUT2D eigenvalue weighted by molar-refractivity contribution is 0.0697. The number of urea groups is 1. The molecule has 0 aliphatic carbocycles. The van der Waals surface area contributed by atoms with Crippen LogP contribution >= 0.6 is 0 Å². The van der Waals surface area contributed by atoms with Crippen molar-refractivity contribution in [3.05, 3.63) is 59.2 Å². The van der Waals surface area contributed by atoms with E-state index in [4.69, 9.17) is 0 Å². The van der Waals surface area contributed by atoms with Crippen LogP contribution in [0.5, 0.6) is 0 Å². The quantitative estimate of drug-likeness (QED) is 0.500. The number of piperidine rings is 1. The number of rotatable bonds is 6. The van der Waals surface area contributed by atoms with Gasteiger partial charge in [-0.15, -0.1) is 0 Å². The highest BCUT2D eigenvalue weighted by Crippen LogP contribution is 2.26. The molecule has 1 aliphatic heterocycles. The van der Waals surface area contributed by atoms with E-state index in [1.807, 2.05) is 19.1 Å². The van der Waals surface area contributed by atoms with Gasteiger partial charge in [-0.2, -0.15) is 0 Å². The van der Waals surface area contributed by atoms with Crippen molar-refractivity contribution in [3.8, 4) is 0 Å². The number of carbonyl (C=O) groups excluding carboxylic acids is 2. The Balaban J connectivity index is 1.75. The van der Waals surface area contributed by atoms with Gasteiger partial charge in [-0.1, -0.05) is 32.9 Å². The molecule has 1 fully saturated rings. The maximum atomic E-state index is 12.8. The molecule has 1 aliphatic rings. The van der Waals surface area contributed by atoms with Gasteiger partial charge in [0.1, 0.15) is 0 Å². The molecule has 0 aromatic heterocycles. The van der Waals surface area contributed by atoms with Crippen LogP contribution in [0, 0.1) is 0 Å². The SMILES string of the molecule is CCNC(=O)N1CCCC(Nc2cc(NC(=O)c3ccc(C(C)(C)C)cc3)ccc2C(=O)O)C1. The lowest BCUT2D eigenvalue weighted by Crippen LogP contribution is -2.49. The van der Waals surface area contributed by atoms with Gasteiger partial charge >= 0.3 is 12.0 Å². The Labute approximate surface area is 200 Å². The Bertz CT molecular complexity index is 1040. The Kier molecular flexibility index (Phi) is 7.81. The highest BCUT2D eigenvalue weighted by molar-refractivity contribution is 6.05. The highest BCUT2D eigenvalue weighted by atomic mass is 16.4. The molecule has 4 N–H and O–H groups in total. The third-order valence-electron chi connectivity index (χ3n) is 5.92. The molecule has 1 heterocycles. The summed E-state index contributed by atoms with van der Waals surface area (Å²) in [5.74, 6) is -1.33. The number of carboxylic acids is 1. The second-order valence-corrected chi connectivity index (χ2v) is 9.61. The van der Waals surface area contributed by atoms with Crippen molar-refractivity contribution in [2.24, 2.45) is 0 Å². The van der Waals surface area contributed by atoms with Gasteiger partial charge in [-0.05, 0) is 61.1 Å². The number of hydrogen-bond donors (Lipinski definition) is 4. The first-order chi connectivity index (χ1) is 16.1. The van der Waals surface area contributed by atoms with Gasteiger partial charge in [0.05, 0.1) is 11.3 Å². The first kappa shape index (κ1) is 25.1. The van der Waals surface area contributed by atoms with E-state index in [9.17, 15) is 19.5 Å². The topological polar surface area (TPSA) is 111 Å². The number of nitrogens with zero attached hydrogens (tertiary/aromatic N) is 1. The average molecular weight is 467 g/mol. The molecule has 0 radical (unpaired) electrons. The summed E-state index contributed by atoms with van der Waals surface area (Å²) in [5.41, 5.74) is 2.67. The summed E-state index contributed by atoms with van der Waals surface area (Å²) in [4.78, 5) is 38.5. The van der Waals surface area contributed by atoms with E-state index < -0.39 is 5.97 Å². The number of carbonyl (C=O) groups is 3.